The number of hydrogen-bond donors (Lipinski definition) is 0. The largest absolute Gasteiger partial charge is 0.454 e. The zero-order chi connectivity index (χ0) is 17.8. The minimum Gasteiger partial charge on any atom is -0.454 e. The van der Waals surface area contributed by atoms with Gasteiger partial charge in [0.25, 0.3) is 0 Å². The summed E-state index contributed by atoms with van der Waals surface area (Å²) in [5.74, 6) is -0.533. The molecule has 2 bridgehead atoms. The Balaban J connectivity index is 1.60. The van der Waals surface area contributed by atoms with E-state index in [4.69, 9.17) is 14.2 Å². The molecule has 0 aromatic carbocycles. The van der Waals surface area contributed by atoms with Gasteiger partial charge in [-0.25, -0.2) is 9.59 Å². The molecule has 4 rings (SSSR count). The van der Waals surface area contributed by atoms with Crippen LogP contribution in [0.15, 0.2) is 35.5 Å². The van der Waals surface area contributed by atoms with Crippen LogP contribution in [0.1, 0.15) is 46.0 Å². The molecule has 3 aliphatic heterocycles. The predicted octanol–water partition coefficient (Wildman–Crippen LogP) is 3.00. The van der Waals surface area contributed by atoms with Gasteiger partial charge in [0.15, 0.2) is 0 Å². The van der Waals surface area contributed by atoms with Crippen molar-refractivity contribution in [3.05, 3.63) is 35.5 Å². The van der Waals surface area contributed by atoms with Crippen molar-refractivity contribution in [2.45, 2.75) is 69.9 Å². The van der Waals surface area contributed by atoms with E-state index in [1.54, 1.807) is 0 Å². The lowest BCUT2D eigenvalue weighted by atomic mass is 9.86. The van der Waals surface area contributed by atoms with Crippen molar-refractivity contribution in [3.63, 3.8) is 0 Å². The van der Waals surface area contributed by atoms with Crippen molar-refractivity contribution >= 4 is 11.9 Å². The van der Waals surface area contributed by atoms with E-state index in [0.29, 0.717) is 18.4 Å². The minimum absolute atomic E-state index is 0.00991. The highest BCUT2D eigenvalue weighted by Crippen LogP contribution is 2.46. The van der Waals surface area contributed by atoms with E-state index in [1.807, 2.05) is 19.1 Å². The Labute approximate surface area is 147 Å². The van der Waals surface area contributed by atoms with Gasteiger partial charge in [-0.05, 0) is 51.7 Å². The van der Waals surface area contributed by atoms with Crippen molar-refractivity contribution in [2.75, 3.05) is 0 Å². The van der Waals surface area contributed by atoms with E-state index in [0.717, 1.165) is 30.4 Å². The van der Waals surface area contributed by atoms with Crippen LogP contribution in [-0.2, 0) is 23.8 Å². The van der Waals surface area contributed by atoms with Crippen LogP contribution in [0.5, 0.6) is 0 Å². The Morgan fingerprint density at radius 3 is 2.76 bits per heavy atom. The van der Waals surface area contributed by atoms with Crippen molar-refractivity contribution in [2.24, 2.45) is 5.92 Å². The Bertz CT molecular complexity index is 703. The van der Waals surface area contributed by atoms with Crippen LogP contribution >= 0.6 is 0 Å². The topological polar surface area (TPSA) is 65.1 Å². The van der Waals surface area contributed by atoms with E-state index < -0.39 is 0 Å². The lowest BCUT2D eigenvalue weighted by Crippen LogP contribution is -2.19. The number of ether oxygens (including phenoxy) is 3. The number of carbonyl (C=O) groups is 2. The second-order valence-corrected chi connectivity index (χ2v) is 7.85. The van der Waals surface area contributed by atoms with E-state index in [9.17, 15) is 9.59 Å². The fourth-order valence-corrected chi connectivity index (χ4v) is 4.21. The standard InChI is InChI=1S/C20H24O5/c1-11-8-14-10-13(19(22)23-14)4-5-17-20(3,25-17)7-6-15-12(2)18(21)24-16(15)9-11/h9-10,14-17H,2,4-8H2,1,3H3/b11-9+/t14-,15-,16+,17?,20?/m1/s1. The van der Waals surface area contributed by atoms with Crippen LogP contribution in [0.4, 0.5) is 0 Å². The summed E-state index contributed by atoms with van der Waals surface area (Å²) in [4.78, 5) is 24.0. The molecule has 5 atom stereocenters. The smallest absolute Gasteiger partial charge is 0.334 e. The number of carbonyl (C=O) groups excluding carboxylic acids is 2. The van der Waals surface area contributed by atoms with Gasteiger partial charge in [0.2, 0.25) is 0 Å². The van der Waals surface area contributed by atoms with Crippen LogP contribution in [0.3, 0.4) is 0 Å². The third-order valence-corrected chi connectivity index (χ3v) is 5.89. The van der Waals surface area contributed by atoms with Gasteiger partial charge in [-0.2, -0.15) is 0 Å². The molecule has 5 nitrogen and oxygen atoms in total. The average molecular weight is 344 g/mol. The third-order valence-electron chi connectivity index (χ3n) is 5.89. The molecule has 0 spiro atoms. The van der Waals surface area contributed by atoms with Crippen LogP contribution in [-0.4, -0.2) is 35.9 Å². The first-order valence-electron chi connectivity index (χ1n) is 9.02. The van der Waals surface area contributed by atoms with Gasteiger partial charge < -0.3 is 14.2 Å². The molecule has 5 heteroatoms. The maximum atomic E-state index is 12.0. The molecule has 25 heavy (non-hydrogen) atoms. The molecule has 0 saturated carbocycles. The van der Waals surface area contributed by atoms with Gasteiger partial charge in [-0.15, -0.1) is 0 Å². The van der Waals surface area contributed by atoms with Crippen LogP contribution in [0.25, 0.3) is 0 Å². The summed E-state index contributed by atoms with van der Waals surface area (Å²) < 4.78 is 16.9. The second-order valence-electron chi connectivity index (χ2n) is 7.85. The Morgan fingerprint density at radius 1 is 1.16 bits per heavy atom. The first-order chi connectivity index (χ1) is 11.9. The maximum absolute atomic E-state index is 12.0. The van der Waals surface area contributed by atoms with Gasteiger partial charge in [-0.3, -0.25) is 0 Å². The molecule has 2 unspecified atom stereocenters. The summed E-state index contributed by atoms with van der Waals surface area (Å²) in [6.45, 7) is 8.02. The summed E-state index contributed by atoms with van der Waals surface area (Å²) in [6.07, 6.45) is 7.37. The van der Waals surface area contributed by atoms with E-state index in [1.165, 1.54) is 0 Å². The van der Waals surface area contributed by atoms with Crippen LogP contribution in [0.2, 0.25) is 0 Å². The molecule has 0 radical (unpaired) electrons. The Morgan fingerprint density at radius 2 is 1.96 bits per heavy atom. The summed E-state index contributed by atoms with van der Waals surface area (Å²) in [5.41, 5.74) is 2.18. The molecule has 0 aromatic rings. The Hall–Kier alpha value is -1.88. The molecular weight excluding hydrogens is 320 g/mol. The third kappa shape index (κ3) is 3.06. The summed E-state index contributed by atoms with van der Waals surface area (Å²) in [5, 5.41) is 0. The quantitative estimate of drug-likeness (QED) is 0.292. The van der Waals surface area contributed by atoms with Crippen molar-refractivity contribution in [3.8, 4) is 0 Å². The first-order valence-corrected chi connectivity index (χ1v) is 9.02. The summed E-state index contributed by atoms with van der Waals surface area (Å²) in [7, 11) is 0. The van der Waals surface area contributed by atoms with Gasteiger partial charge in [0, 0.05) is 23.5 Å². The zero-order valence-electron chi connectivity index (χ0n) is 14.7. The molecule has 0 amide bonds. The maximum Gasteiger partial charge on any atom is 0.334 e. The fourth-order valence-electron chi connectivity index (χ4n) is 4.21. The minimum atomic E-state index is -0.309. The SMILES string of the molecule is C=C1C(=O)O[C@H]2/C=C(\C)C[C@@H]3C=C(CCC4OC4(C)CC[C@H]12)C(=O)O3. The number of hydrogen-bond acceptors (Lipinski definition) is 5. The molecule has 0 aromatic heterocycles. The van der Waals surface area contributed by atoms with E-state index in [2.05, 4.69) is 13.5 Å². The van der Waals surface area contributed by atoms with Gasteiger partial charge in [0.05, 0.1) is 11.7 Å². The van der Waals surface area contributed by atoms with Crippen LogP contribution in [0, 0.1) is 5.92 Å². The molecule has 0 N–H and O–H groups in total. The highest BCUT2D eigenvalue weighted by atomic mass is 16.6. The van der Waals surface area contributed by atoms with Gasteiger partial charge in [0.1, 0.15) is 12.2 Å². The molecular formula is C20H24O5. The predicted molar refractivity (Wildman–Crippen MR) is 90.6 cm³/mol. The zero-order valence-corrected chi connectivity index (χ0v) is 14.7. The lowest BCUT2D eigenvalue weighted by molar-refractivity contribution is -0.139. The molecule has 2 fully saturated rings. The highest BCUT2D eigenvalue weighted by molar-refractivity contribution is 5.91. The molecule has 3 heterocycles. The number of fused-ring (bicyclic) bond motifs is 3. The average Bonchev–Trinajstić information content (AvgIpc) is 2.93. The molecule has 4 aliphatic rings. The first kappa shape index (κ1) is 16.6. The van der Waals surface area contributed by atoms with E-state index in [-0.39, 0.29) is 41.8 Å². The monoisotopic (exact) mass is 344 g/mol. The van der Waals surface area contributed by atoms with Gasteiger partial charge >= 0.3 is 11.9 Å². The number of esters is 2. The fraction of sp³-hybridized carbons (Fsp3) is 0.600. The van der Waals surface area contributed by atoms with Crippen molar-refractivity contribution in [1.82, 2.24) is 0 Å². The molecule has 134 valence electrons. The molecule has 2 saturated heterocycles. The van der Waals surface area contributed by atoms with E-state index >= 15 is 0 Å². The van der Waals surface area contributed by atoms with Crippen molar-refractivity contribution < 1.29 is 23.8 Å². The van der Waals surface area contributed by atoms with Gasteiger partial charge in [-0.1, -0.05) is 12.2 Å². The lowest BCUT2D eigenvalue weighted by Gasteiger charge is -2.17. The molecule has 1 aliphatic carbocycles. The Kier molecular flexibility index (Phi) is 3.87. The summed E-state index contributed by atoms with van der Waals surface area (Å²) >= 11 is 0. The number of rotatable bonds is 0. The normalized spacial score (nSPS) is 43.0. The summed E-state index contributed by atoms with van der Waals surface area (Å²) in [6, 6.07) is 0. The van der Waals surface area contributed by atoms with Crippen LogP contribution < -0.4 is 0 Å². The number of epoxide rings is 1. The van der Waals surface area contributed by atoms with Crippen molar-refractivity contribution in [1.29, 1.82) is 0 Å². The second kappa shape index (κ2) is 5.84. The highest BCUT2D eigenvalue weighted by Gasteiger charge is 2.52.